The quantitative estimate of drug-likeness (QED) is 0.878. The molecule has 0 aromatic carbocycles. The summed E-state index contributed by atoms with van der Waals surface area (Å²) in [5.41, 5.74) is 5.83. The molecule has 1 aromatic rings. The normalized spacial score (nSPS) is 18.4. The Morgan fingerprint density at radius 2 is 2.17 bits per heavy atom. The van der Waals surface area contributed by atoms with E-state index < -0.39 is 0 Å². The molecule has 1 saturated carbocycles. The summed E-state index contributed by atoms with van der Waals surface area (Å²) in [7, 11) is 1.53. The number of ether oxygens (including phenoxy) is 1. The van der Waals surface area contributed by atoms with Crippen LogP contribution in [0.25, 0.3) is 0 Å². The molecule has 0 radical (unpaired) electrons. The minimum atomic E-state index is -0.0960. The van der Waals surface area contributed by atoms with Gasteiger partial charge in [-0.25, -0.2) is 4.98 Å². The number of hydrogen-bond donors (Lipinski definition) is 2. The third-order valence-electron chi connectivity index (χ3n) is 3.49. The van der Waals surface area contributed by atoms with Gasteiger partial charge in [0.2, 0.25) is 0 Å². The molecule has 0 amide bonds. The molecule has 1 aliphatic carbocycles. The standard InChI is InChI=1S/C12H19ClN4O/c1-18-11-15-7-9(13)10(16-11)17-12(8-14)5-3-2-4-6-12/h7H,2-6,8,14H2,1H3,(H,15,16,17). The van der Waals surface area contributed by atoms with Crippen molar-refractivity contribution in [1.82, 2.24) is 9.97 Å². The van der Waals surface area contributed by atoms with Crippen molar-refractivity contribution in [2.24, 2.45) is 5.73 Å². The maximum atomic E-state index is 6.11. The molecule has 0 aliphatic heterocycles. The summed E-state index contributed by atoms with van der Waals surface area (Å²) >= 11 is 6.11. The number of anilines is 1. The minimum absolute atomic E-state index is 0.0960. The van der Waals surface area contributed by atoms with Crippen LogP contribution in [0.5, 0.6) is 6.01 Å². The van der Waals surface area contributed by atoms with Crippen molar-refractivity contribution >= 4 is 17.4 Å². The number of rotatable bonds is 4. The zero-order valence-electron chi connectivity index (χ0n) is 10.6. The summed E-state index contributed by atoms with van der Waals surface area (Å²) in [5, 5.41) is 3.89. The van der Waals surface area contributed by atoms with Crippen molar-refractivity contribution < 1.29 is 4.74 Å². The fourth-order valence-electron chi connectivity index (χ4n) is 2.40. The predicted molar refractivity (Wildman–Crippen MR) is 72.1 cm³/mol. The first kappa shape index (κ1) is 13.4. The number of hydrogen-bond acceptors (Lipinski definition) is 5. The molecule has 1 fully saturated rings. The summed E-state index contributed by atoms with van der Waals surface area (Å²) in [6.45, 7) is 0.579. The number of nitrogens with one attached hydrogen (secondary N) is 1. The van der Waals surface area contributed by atoms with Crippen LogP contribution in [0.15, 0.2) is 6.20 Å². The largest absolute Gasteiger partial charge is 0.467 e. The smallest absolute Gasteiger partial charge is 0.318 e. The van der Waals surface area contributed by atoms with Gasteiger partial charge in [-0.2, -0.15) is 4.98 Å². The molecule has 100 valence electrons. The molecule has 1 aromatic heterocycles. The van der Waals surface area contributed by atoms with Crippen LogP contribution in [-0.4, -0.2) is 29.2 Å². The van der Waals surface area contributed by atoms with E-state index in [4.69, 9.17) is 22.1 Å². The Hall–Kier alpha value is -1.07. The third kappa shape index (κ3) is 2.84. The van der Waals surface area contributed by atoms with E-state index in [1.165, 1.54) is 26.4 Å². The predicted octanol–water partition coefficient (Wildman–Crippen LogP) is 2.21. The van der Waals surface area contributed by atoms with Crippen LogP contribution in [0, 0.1) is 0 Å². The lowest BCUT2D eigenvalue weighted by Crippen LogP contribution is -2.47. The van der Waals surface area contributed by atoms with E-state index in [-0.39, 0.29) is 5.54 Å². The Labute approximate surface area is 112 Å². The Morgan fingerprint density at radius 1 is 1.44 bits per heavy atom. The molecule has 0 spiro atoms. The van der Waals surface area contributed by atoms with E-state index in [2.05, 4.69) is 15.3 Å². The Morgan fingerprint density at radius 3 is 2.78 bits per heavy atom. The van der Waals surface area contributed by atoms with Crippen molar-refractivity contribution in [3.63, 3.8) is 0 Å². The first-order valence-electron chi connectivity index (χ1n) is 6.24. The summed E-state index contributed by atoms with van der Waals surface area (Å²) in [4.78, 5) is 8.21. The zero-order chi connectivity index (χ0) is 13.0. The van der Waals surface area contributed by atoms with Crippen LogP contribution < -0.4 is 15.8 Å². The van der Waals surface area contributed by atoms with E-state index >= 15 is 0 Å². The maximum absolute atomic E-state index is 6.11. The number of methoxy groups -OCH3 is 1. The molecular formula is C12H19ClN4O. The van der Waals surface area contributed by atoms with Gasteiger partial charge in [-0.3, -0.25) is 0 Å². The van der Waals surface area contributed by atoms with E-state index in [1.807, 2.05) is 0 Å². The van der Waals surface area contributed by atoms with Gasteiger partial charge in [-0.05, 0) is 12.8 Å². The zero-order valence-corrected chi connectivity index (χ0v) is 11.3. The van der Waals surface area contributed by atoms with Gasteiger partial charge < -0.3 is 15.8 Å². The molecule has 5 nitrogen and oxygen atoms in total. The highest BCUT2D eigenvalue weighted by molar-refractivity contribution is 6.32. The Kier molecular flexibility index (Phi) is 4.24. The van der Waals surface area contributed by atoms with Crippen LogP contribution in [0.3, 0.4) is 0 Å². The first-order chi connectivity index (χ1) is 8.69. The van der Waals surface area contributed by atoms with Gasteiger partial charge in [-0.1, -0.05) is 30.9 Å². The second-order valence-corrected chi connectivity index (χ2v) is 5.13. The van der Waals surface area contributed by atoms with E-state index in [0.717, 1.165) is 12.8 Å². The number of nitrogens with two attached hydrogens (primary N) is 1. The lowest BCUT2D eigenvalue weighted by atomic mass is 9.82. The number of nitrogens with zero attached hydrogens (tertiary/aromatic N) is 2. The van der Waals surface area contributed by atoms with Crippen molar-refractivity contribution in [1.29, 1.82) is 0 Å². The monoisotopic (exact) mass is 270 g/mol. The summed E-state index contributed by atoms with van der Waals surface area (Å²) < 4.78 is 5.01. The fraction of sp³-hybridized carbons (Fsp3) is 0.667. The first-order valence-corrected chi connectivity index (χ1v) is 6.62. The summed E-state index contributed by atoms with van der Waals surface area (Å²) in [6.07, 6.45) is 7.28. The van der Waals surface area contributed by atoms with Gasteiger partial charge in [-0.15, -0.1) is 0 Å². The highest BCUT2D eigenvalue weighted by Crippen LogP contribution is 2.32. The molecule has 6 heteroatoms. The van der Waals surface area contributed by atoms with Crippen LogP contribution in [0.4, 0.5) is 5.82 Å². The van der Waals surface area contributed by atoms with Gasteiger partial charge in [0.15, 0.2) is 5.82 Å². The van der Waals surface area contributed by atoms with Crippen molar-refractivity contribution in [3.05, 3.63) is 11.2 Å². The van der Waals surface area contributed by atoms with Gasteiger partial charge in [0.05, 0.1) is 18.8 Å². The SMILES string of the molecule is COc1ncc(Cl)c(NC2(CN)CCCCC2)n1. The second-order valence-electron chi connectivity index (χ2n) is 4.72. The van der Waals surface area contributed by atoms with Gasteiger partial charge in [0, 0.05) is 6.54 Å². The average Bonchev–Trinajstić information content (AvgIpc) is 2.42. The Balaban J connectivity index is 2.20. The third-order valence-corrected chi connectivity index (χ3v) is 3.77. The lowest BCUT2D eigenvalue weighted by molar-refractivity contribution is 0.329. The average molecular weight is 271 g/mol. The van der Waals surface area contributed by atoms with Crippen LogP contribution in [0.1, 0.15) is 32.1 Å². The van der Waals surface area contributed by atoms with Gasteiger partial charge in [0.25, 0.3) is 0 Å². The van der Waals surface area contributed by atoms with Crippen molar-refractivity contribution in [2.45, 2.75) is 37.6 Å². The molecular weight excluding hydrogens is 252 g/mol. The molecule has 0 bridgehead atoms. The van der Waals surface area contributed by atoms with Gasteiger partial charge >= 0.3 is 6.01 Å². The summed E-state index contributed by atoms with van der Waals surface area (Å²) in [6, 6.07) is 0.310. The number of aromatic nitrogens is 2. The fourth-order valence-corrected chi connectivity index (χ4v) is 2.54. The van der Waals surface area contributed by atoms with Crippen LogP contribution >= 0.6 is 11.6 Å². The lowest BCUT2D eigenvalue weighted by Gasteiger charge is -2.37. The van der Waals surface area contributed by atoms with Crippen molar-refractivity contribution in [3.8, 4) is 6.01 Å². The van der Waals surface area contributed by atoms with E-state index in [1.54, 1.807) is 6.20 Å². The van der Waals surface area contributed by atoms with E-state index in [0.29, 0.717) is 23.4 Å². The highest BCUT2D eigenvalue weighted by atomic mass is 35.5. The Bertz CT molecular complexity index is 407. The molecule has 0 unspecified atom stereocenters. The number of halogens is 1. The molecule has 18 heavy (non-hydrogen) atoms. The van der Waals surface area contributed by atoms with Crippen molar-refractivity contribution in [2.75, 3.05) is 19.0 Å². The van der Waals surface area contributed by atoms with Gasteiger partial charge in [0.1, 0.15) is 5.02 Å². The molecule has 1 aliphatic rings. The van der Waals surface area contributed by atoms with E-state index in [9.17, 15) is 0 Å². The molecule has 0 saturated heterocycles. The molecule has 2 rings (SSSR count). The summed E-state index contributed by atoms with van der Waals surface area (Å²) in [5.74, 6) is 0.607. The maximum Gasteiger partial charge on any atom is 0.318 e. The van der Waals surface area contributed by atoms with Crippen LogP contribution in [0.2, 0.25) is 5.02 Å². The van der Waals surface area contributed by atoms with Crippen LogP contribution in [-0.2, 0) is 0 Å². The topological polar surface area (TPSA) is 73.1 Å². The second kappa shape index (κ2) is 5.71. The minimum Gasteiger partial charge on any atom is -0.467 e. The molecule has 0 atom stereocenters. The molecule has 1 heterocycles. The highest BCUT2D eigenvalue weighted by Gasteiger charge is 2.31. The molecule has 3 N–H and O–H groups in total.